The molecule has 0 spiro atoms. The molecule has 19 heavy (non-hydrogen) atoms. The molecule has 1 unspecified atom stereocenters. The van der Waals surface area contributed by atoms with Gasteiger partial charge in [-0.3, -0.25) is 4.79 Å². The van der Waals surface area contributed by atoms with Crippen LogP contribution in [0, 0.1) is 5.82 Å². The van der Waals surface area contributed by atoms with E-state index in [1.807, 2.05) is 20.8 Å². The Bertz CT molecular complexity index is 473. The van der Waals surface area contributed by atoms with E-state index in [4.69, 9.17) is 4.74 Å². The Morgan fingerprint density at radius 2 is 2.16 bits per heavy atom. The molecule has 1 amide bonds. The highest BCUT2D eigenvalue weighted by Crippen LogP contribution is 2.20. The summed E-state index contributed by atoms with van der Waals surface area (Å²) in [6, 6.07) is 4.63. The average Bonchev–Trinajstić information content (AvgIpc) is 2.37. The van der Waals surface area contributed by atoms with Crippen molar-refractivity contribution in [1.29, 1.82) is 0 Å². The lowest BCUT2D eigenvalue weighted by atomic mass is 10.00. The van der Waals surface area contributed by atoms with Crippen LogP contribution in [0.4, 0.5) is 4.39 Å². The van der Waals surface area contributed by atoms with Crippen molar-refractivity contribution < 1.29 is 13.9 Å². The molecule has 1 aromatic rings. The van der Waals surface area contributed by atoms with Gasteiger partial charge in [0.05, 0.1) is 19.3 Å². The predicted molar refractivity (Wildman–Crippen MR) is 71.8 cm³/mol. The van der Waals surface area contributed by atoms with E-state index in [0.29, 0.717) is 25.3 Å². The summed E-state index contributed by atoms with van der Waals surface area (Å²) < 4.78 is 18.9. The monoisotopic (exact) mass is 265 g/mol. The highest BCUT2D eigenvalue weighted by atomic mass is 19.1. The van der Waals surface area contributed by atoms with E-state index >= 15 is 0 Å². The van der Waals surface area contributed by atoms with Crippen molar-refractivity contribution in [3.63, 3.8) is 0 Å². The quantitative estimate of drug-likeness (QED) is 0.823. The summed E-state index contributed by atoms with van der Waals surface area (Å²) in [7, 11) is 0. The van der Waals surface area contributed by atoms with Gasteiger partial charge in [-0.1, -0.05) is 13.8 Å². The van der Waals surface area contributed by atoms with Crippen molar-refractivity contribution in [1.82, 2.24) is 4.90 Å². The molecule has 1 aromatic carbocycles. The highest BCUT2D eigenvalue weighted by Gasteiger charge is 2.25. The molecule has 1 saturated heterocycles. The number of carbonyl (C=O) groups excluding carboxylic acids is 1. The van der Waals surface area contributed by atoms with Gasteiger partial charge in [-0.15, -0.1) is 0 Å². The molecular formula is C15H20FNO2. The SMILES string of the molecule is CC(C)c1cc(F)cc(C(=O)N2CCOCC2C)c1. The fraction of sp³-hybridized carbons (Fsp3) is 0.533. The first kappa shape index (κ1) is 14.0. The summed E-state index contributed by atoms with van der Waals surface area (Å²) in [5.41, 5.74) is 1.28. The van der Waals surface area contributed by atoms with Crippen LogP contribution in [0.15, 0.2) is 18.2 Å². The minimum absolute atomic E-state index is 0.0343. The normalized spacial score (nSPS) is 19.8. The zero-order chi connectivity index (χ0) is 14.0. The number of halogens is 1. The van der Waals surface area contributed by atoms with Crippen molar-refractivity contribution in [2.24, 2.45) is 0 Å². The smallest absolute Gasteiger partial charge is 0.254 e. The predicted octanol–water partition coefficient (Wildman–Crippen LogP) is 2.81. The van der Waals surface area contributed by atoms with E-state index in [0.717, 1.165) is 5.56 Å². The van der Waals surface area contributed by atoms with E-state index in [1.54, 1.807) is 11.0 Å². The lowest BCUT2D eigenvalue weighted by Gasteiger charge is -2.33. The van der Waals surface area contributed by atoms with Gasteiger partial charge in [0.25, 0.3) is 5.91 Å². The molecule has 0 bridgehead atoms. The number of morpholine rings is 1. The molecular weight excluding hydrogens is 245 g/mol. The van der Waals surface area contributed by atoms with Crippen molar-refractivity contribution in [2.45, 2.75) is 32.7 Å². The van der Waals surface area contributed by atoms with E-state index in [-0.39, 0.29) is 23.7 Å². The molecule has 1 heterocycles. The van der Waals surface area contributed by atoms with E-state index < -0.39 is 0 Å². The van der Waals surface area contributed by atoms with Crippen LogP contribution in [0.25, 0.3) is 0 Å². The molecule has 0 N–H and O–H groups in total. The largest absolute Gasteiger partial charge is 0.377 e. The van der Waals surface area contributed by atoms with Gasteiger partial charge >= 0.3 is 0 Å². The van der Waals surface area contributed by atoms with Crippen molar-refractivity contribution in [3.8, 4) is 0 Å². The molecule has 4 heteroatoms. The fourth-order valence-electron chi connectivity index (χ4n) is 2.26. The first-order valence-corrected chi connectivity index (χ1v) is 6.68. The van der Waals surface area contributed by atoms with Gasteiger partial charge in [0.1, 0.15) is 5.82 Å². The van der Waals surface area contributed by atoms with Crippen molar-refractivity contribution in [2.75, 3.05) is 19.8 Å². The lowest BCUT2D eigenvalue weighted by Crippen LogP contribution is -2.47. The zero-order valence-electron chi connectivity index (χ0n) is 11.6. The third-order valence-corrected chi connectivity index (χ3v) is 3.46. The summed E-state index contributed by atoms with van der Waals surface area (Å²) in [5, 5.41) is 0. The third-order valence-electron chi connectivity index (χ3n) is 3.46. The van der Waals surface area contributed by atoms with Gasteiger partial charge < -0.3 is 9.64 Å². The van der Waals surface area contributed by atoms with Gasteiger partial charge in [0.15, 0.2) is 0 Å². The minimum Gasteiger partial charge on any atom is -0.377 e. The number of benzene rings is 1. The Labute approximate surface area is 113 Å². The molecule has 2 rings (SSSR count). The zero-order valence-corrected chi connectivity index (χ0v) is 11.6. The average molecular weight is 265 g/mol. The molecule has 0 saturated carbocycles. The number of carbonyl (C=O) groups is 1. The standard InChI is InChI=1S/C15H20FNO2/c1-10(2)12-6-13(8-14(16)7-12)15(18)17-4-5-19-9-11(17)3/h6-8,10-11H,4-5,9H2,1-3H3. The topological polar surface area (TPSA) is 29.5 Å². The Hall–Kier alpha value is -1.42. The second kappa shape index (κ2) is 5.70. The number of amides is 1. The summed E-state index contributed by atoms with van der Waals surface area (Å²) in [4.78, 5) is 14.2. The van der Waals surface area contributed by atoms with E-state index in [1.165, 1.54) is 12.1 Å². The first-order valence-electron chi connectivity index (χ1n) is 6.68. The first-order chi connectivity index (χ1) is 8.99. The van der Waals surface area contributed by atoms with E-state index in [9.17, 15) is 9.18 Å². The molecule has 1 aliphatic rings. The van der Waals surface area contributed by atoms with Crippen LogP contribution in [0.5, 0.6) is 0 Å². The van der Waals surface area contributed by atoms with Crippen molar-refractivity contribution >= 4 is 5.91 Å². The molecule has 0 aromatic heterocycles. The van der Waals surface area contributed by atoms with Gasteiger partial charge in [-0.05, 0) is 36.6 Å². The van der Waals surface area contributed by atoms with Crippen LogP contribution in [0.2, 0.25) is 0 Å². The molecule has 0 radical (unpaired) electrons. The maximum Gasteiger partial charge on any atom is 0.254 e. The Morgan fingerprint density at radius 1 is 1.42 bits per heavy atom. The number of hydrogen-bond acceptors (Lipinski definition) is 2. The van der Waals surface area contributed by atoms with Gasteiger partial charge in [0, 0.05) is 12.1 Å². The van der Waals surface area contributed by atoms with Gasteiger partial charge in [-0.2, -0.15) is 0 Å². The lowest BCUT2D eigenvalue weighted by molar-refractivity contribution is 0.00356. The van der Waals surface area contributed by atoms with Crippen molar-refractivity contribution in [3.05, 3.63) is 35.1 Å². The molecule has 104 valence electrons. The van der Waals surface area contributed by atoms with Crippen LogP contribution in [0.1, 0.15) is 42.6 Å². The molecule has 1 aliphatic heterocycles. The van der Waals surface area contributed by atoms with Gasteiger partial charge in [0.2, 0.25) is 0 Å². The summed E-state index contributed by atoms with van der Waals surface area (Å²) in [6.45, 7) is 7.56. The third kappa shape index (κ3) is 3.13. The minimum atomic E-state index is -0.351. The van der Waals surface area contributed by atoms with Crippen LogP contribution < -0.4 is 0 Å². The molecule has 0 aliphatic carbocycles. The van der Waals surface area contributed by atoms with Crippen LogP contribution in [0.3, 0.4) is 0 Å². The molecule has 1 fully saturated rings. The summed E-state index contributed by atoms with van der Waals surface area (Å²) in [6.07, 6.45) is 0. The summed E-state index contributed by atoms with van der Waals surface area (Å²) in [5.74, 6) is -0.267. The number of rotatable bonds is 2. The Kier molecular flexibility index (Phi) is 4.20. The maximum absolute atomic E-state index is 13.6. The van der Waals surface area contributed by atoms with Gasteiger partial charge in [-0.25, -0.2) is 4.39 Å². The van der Waals surface area contributed by atoms with Crippen LogP contribution >= 0.6 is 0 Å². The van der Waals surface area contributed by atoms with E-state index in [2.05, 4.69) is 0 Å². The van der Waals surface area contributed by atoms with Crippen LogP contribution in [-0.2, 0) is 4.74 Å². The second-order valence-corrected chi connectivity index (χ2v) is 5.35. The summed E-state index contributed by atoms with van der Waals surface area (Å²) >= 11 is 0. The maximum atomic E-state index is 13.6. The van der Waals surface area contributed by atoms with Crippen LogP contribution in [-0.4, -0.2) is 36.6 Å². The number of nitrogens with zero attached hydrogens (tertiary/aromatic N) is 1. The Balaban J connectivity index is 2.27. The fourth-order valence-corrected chi connectivity index (χ4v) is 2.26. The second-order valence-electron chi connectivity index (χ2n) is 5.35. The highest BCUT2D eigenvalue weighted by molar-refractivity contribution is 5.94. The molecule has 3 nitrogen and oxygen atoms in total. The molecule has 1 atom stereocenters. The Morgan fingerprint density at radius 3 is 2.79 bits per heavy atom. The number of ether oxygens (including phenoxy) is 1. The number of hydrogen-bond donors (Lipinski definition) is 0.